The molecule has 2 unspecified atom stereocenters. The zero-order valence-electron chi connectivity index (χ0n) is 16.6. The number of benzene rings is 2. The van der Waals surface area contributed by atoms with Gasteiger partial charge in [0.25, 0.3) is 0 Å². The molecule has 1 fully saturated rings. The Morgan fingerprint density at radius 1 is 1.07 bits per heavy atom. The predicted molar refractivity (Wildman–Crippen MR) is 108 cm³/mol. The molecule has 1 aliphatic rings. The maximum Gasteiger partial charge on any atom is 0.411 e. The standard InChI is InChI=1S/C23H27NO4/c1-23(2,3)28-22(27)24-15-16(14-20(24)21(25)26)13-18-11-7-8-12-19(18)17-9-5-4-6-10-17/h4-12,16,20H,13-15H2,1-3H3,(H,25,26). The van der Waals surface area contributed by atoms with Crippen molar-refractivity contribution in [2.75, 3.05) is 6.54 Å². The normalized spacial score (nSPS) is 19.5. The minimum absolute atomic E-state index is 0.0680. The number of hydrogen-bond donors (Lipinski definition) is 1. The Hall–Kier alpha value is -2.82. The van der Waals surface area contributed by atoms with Crippen molar-refractivity contribution >= 4 is 12.1 Å². The van der Waals surface area contributed by atoms with Crippen molar-refractivity contribution in [2.45, 2.75) is 45.3 Å². The average Bonchev–Trinajstić information content (AvgIpc) is 3.06. The molecule has 2 aromatic carbocycles. The Bertz CT molecular complexity index is 841. The molecule has 1 N–H and O–H groups in total. The molecule has 2 atom stereocenters. The number of carbonyl (C=O) groups is 2. The van der Waals surface area contributed by atoms with Gasteiger partial charge >= 0.3 is 12.1 Å². The minimum Gasteiger partial charge on any atom is -0.480 e. The summed E-state index contributed by atoms with van der Waals surface area (Å²) in [4.78, 5) is 25.6. The van der Waals surface area contributed by atoms with Crippen LogP contribution in [0.25, 0.3) is 11.1 Å². The molecule has 0 aliphatic carbocycles. The third-order valence-corrected chi connectivity index (χ3v) is 4.91. The van der Waals surface area contributed by atoms with Crippen LogP contribution in [-0.4, -0.2) is 40.3 Å². The number of carboxylic acid groups (broad SMARTS) is 1. The van der Waals surface area contributed by atoms with Gasteiger partial charge in [-0.05, 0) is 56.2 Å². The third-order valence-electron chi connectivity index (χ3n) is 4.91. The van der Waals surface area contributed by atoms with Crippen molar-refractivity contribution in [3.8, 4) is 11.1 Å². The molecule has 1 heterocycles. The molecule has 0 radical (unpaired) electrons. The van der Waals surface area contributed by atoms with E-state index in [9.17, 15) is 14.7 Å². The second-order valence-electron chi connectivity index (χ2n) is 8.32. The fraction of sp³-hybridized carbons (Fsp3) is 0.391. The van der Waals surface area contributed by atoms with Gasteiger partial charge in [-0.15, -0.1) is 0 Å². The summed E-state index contributed by atoms with van der Waals surface area (Å²) >= 11 is 0. The van der Waals surface area contributed by atoms with E-state index in [0.717, 1.165) is 16.7 Å². The fourth-order valence-electron chi connectivity index (χ4n) is 3.74. The van der Waals surface area contributed by atoms with Crippen LogP contribution in [0.5, 0.6) is 0 Å². The van der Waals surface area contributed by atoms with E-state index in [1.165, 1.54) is 4.90 Å². The lowest BCUT2D eigenvalue weighted by Gasteiger charge is -2.26. The highest BCUT2D eigenvalue weighted by Crippen LogP contribution is 2.32. The quantitative estimate of drug-likeness (QED) is 0.840. The van der Waals surface area contributed by atoms with E-state index >= 15 is 0 Å². The van der Waals surface area contributed by atoms with Crippen molar-refractivity contribution < 1.29 is 19.4 Å². The van der Waals surface area contributed by atoms with Crippen LogP contribution in [0, 0.1) is 5.92 Å². The Kier molecular flexibility index (Phi) is 5.73. The van der Waals surface area contributed by atoms with Crippen LogP contribution in [-0.2, 0) is 16.0 Å². The molecular weight excluding hydrogens is 354 g/mol. The lowest BCUT2D eigenvalue weighted by atomic mass is 9.91. The van der Waals surface area contributed by atoms with E-state index in [-0.39, 0.29) is 5.92 Å². The first-order valence-corrected chi connectivity index (χ1v) is 9.60. The number of nitrogens with zero attached hydrogens (tertiary/aromatic N) is 1. The SMILES string of the molecule is CC(C)(C)OC(=O)N1CC(Cc2ccccc2-c2ccccc2)CC1C(=O)O. The molecule has 0 bridgehead atoms. The first kappa shape index (κ1) is 19.9. The van der Waals surface area contributed by atoms with Crippen molar-refractivity contribution in [2.24, 2.45) is 5.92 Å². The van der Waals surface area contributed by atoms with Crippen LogP contribution in [0.3, 0.4) is 0 Å². The Morgan fingerprint density at radius 2 is 1.71 bits per heavy atom. The Morgan fingerprint density at radius 3 is 2.36 bits per heavy atom. The molecule has 2 aromatic rings. The van der Waals surface area contributed by atoms with Crippen LogP contribution < -0.4 is 0 Å². The summed E-state index contributed by atoms with van der Waals surface area (Å²) in [6, 6.07) is 17.5. The van der Waals surface area contributed by atoms with Crippen molar-refractivity contribution in [1.82, 2.24) is 4.90 Å². The van der Waals surface area contributed by atoms with Gasteiger partial charge in [0.2, 0.25) is 0 Å². The maximum absolute atomic E-state index is 12.5. The molecule has 1 saturated heterocycles. The van der Waals surface area contributed by atoms with Crippen molar-refractivity contribution in [1.29, 1.82) is 0 Å². The summed E-state index contributed by atoms with van der Waals surface area (Å²) in [5, 5.41) is 9.60. The summed E-state index contributed by atoms with van der Waals surface area (Å²) in [5.41, 5.74) is 2.78. The molecule has 1 aliphatic heterocycles. The monoisotopic (exact) mass is 381 g/mol. The smallest absolute Gasteiger partial charge is 0.411 e. The number of aliphatic carboxylic acids is 1. The highest BCUT2D eigenvalue weighted by Gasteiger charge is 2.41. The molecular formula is C23H27NO4. The number of carboxylic acids is 1. The van der Waals surface area contributed by atoms with E-state index in [1.807, 2.05) is 30.3 Å². The first-order chi connectivity index (χ1) is 13.2. The molecule has 5 nitrogen and oxygen atoms in total. The number of amides is 1. The van der Waals surface area contributed by atoms with E-state index in [1.54, 1.807) is 20.8 Å². The maximum atomic E-state index is 12.5. The van der Waals surface area contributed by atoms with Gasteiger partial charge in [0.1, 0.15) is 11.6 Å². The summed E-state index contributed by atoms with van der Waals surface area (Å²) in [6.45, 7) is 5.73. The zero-order chi connectivity index (χ0) is 20.3. The molecule has 1 amide bonds. The van der Waals surface area contributed by atoms with Crippen molar-refractivity contribution in [3.05, 3.63) is 60.2 Å². The van der Waals surface area contributed by atoms with Gasteiger partial charge in [0.15, 0.2) is 0 Å². The summed E-state index contributed by atoms with van der Waals surface area (Å²) in [5.74, 6) is -0.914. The number of likely N-dealkylation sites (tertiary alicyclic amines) is 1. The van der Waals surface area contributed by atoms with E-state index in [2.05, 4.69) is 24.3 Å². The summed E-state index contributed by atoms with van der Waals surface area (Å²) in [7, 11) is 0. The lowest BCUT2D eigenvalue weighted by molar-refractivity contribution is -0.142. The first-order valence-electron chi connectivity index (χ1n) is 9.60. The number of ether oxygens (including phenoxy) is 1. The Balaban J connectivity index is 1.79. The van der Waals surface area contributed by atoms with Crippen LogP contribution in [0.4, 0.5) is 4.79 Å². The van der Waals surface area contributed by atoms with Gasteiger partial charge in [-0.2, -0.15) is 0 Å². The highest BCUT2D eigenvalue weighted by atomic mass is 16.6. The fourth-order valence-corrected chi connectivity index (χ4v) is 3.74. The van der Waals surface area contributed by atoms with Crippen LogP contribution in [0.1, 0.15) is 32.8 Å². The second kappa shape index (κ2) is 8.05. The van der Waals surface area contributed by atoms with Gasteiger partial charge in [0.05, 0.1) is 0 Å². The molecule has 5 heteroatoms. The van der Waals surface area contributed by atoms with Gasteiger partial charge in [-0.1, -0.05) is 54.6 Å². The van der Waals surface area contributed by atoms with E-state index in [4.69, 9.17) is 4.74 Å². The number of rotatable bonds is 4. The van der Waals surface area contributed by atoms with E-state index < -0.39 is 23.7 Å². The molecule has 28 heavy (non-hydrogen) atoms. The largest absolute Gasteiger partial charge is 0.480 e. The second-order valence-corrected chi connectivity index (χ2v) is 8.32. The minimum atomic E-state index is -0.982. The lowest BCUT2D eigenvalue weighted by Crippen LogP contribution is -2.43. The highest BCUT2D eigenvalue weighted by molar-refractivity contribution is 5.81. The molecule has 3 rings (SSSR count). The van der Waals surface area contributed by atoms with Crippen molar-refractivity contribution in [3.63, 3.8) is 0 Å². The number of hydrogen-bond acceptors (Lipinski definition) is 3. The summed E-state index contributed by atoms with van der Waals surface area (Å²) < 4.78 is 5.42. The topological polar surface area (TPSA) is 66.8 Å². The molecule has 0 spiro atoms. The van der Waals surface area contributed by atoms with Gasteiger partial charge < -0.3 is 9.84 Å². The average molecular weight is 381 g/mol. The van der Waals surface area contributed by atoms with Gasteiger partial charge in [0, 0.05) is 6.54 Å². The van der Waals surface area contributed by atoms with Crippen LogP contribution >= 0.6 is 0 Å². The van der Waals surface area contributed by atoms with Gasteiger partial charge in [-0.25, -0.2) is 9.59 Å². The zero-order valence-corrected chi connectivity index (χ0v) is 16.6. The van der Waals surface area contributed by atoms with Gasteiger partial charge in [-0.3, -0.25) is 4.90 Å². The predicted octanol–water partition coefficient (Wildman–Crippen LogP) is 4.61. The van der Waals surface area contributed by atoms with E-state index in [0.29, 0.717) is 19.4 Å². The third kappa shape index (κ3) is 4.71. The molecule has 148 valence electrons. The van der Waals surface area contributed by atoms with Crippen LogP contribution in [0.2, 0.25) is 0 Å². The molecule has 0 aromatic heterocycles. The summed E-state index contributed by atoms with van der Waals surface area (Å²) in [6.07, 6.45) is 0.588. The van der Waals surface area contributed by atoms with Crippen LogP contribution in [0.15, 0.2) is 54.6 Å². The molecule has 0 saturated carbocycles. The Labute approximate surface area is 165 Å². The number of carbonyl (C=O) groups excluding carboxylic acids is 1.